The van der Waals surface area contributed by atoms with E-state index in [1.165, 1.54) is 21.5 Å². The predicted octanol–water partition coefficient (Wildman–Crippen LogP) is 2.17. The van der Waals surface area contributed by atoms with Crippen LogP contribution in [0, 0.1) is 0 Å². The van der Waals surface area contributed by atoms with E-state index in [1.54, 1.807) is 37.2 Å². The Labute approximate surface area is 342 Å². The molecule has 0 bridgehead atoms. The third-order valence-corrected chi connectivity index (χ3v) is 6.72. The van der Waals surface area contributed by atoms with Crippen LogP contribution in [-0.4, -0.2) is 52.9 Å². The average Bonchev–Trinajstić information content (AvgIpc) is 3.65. The summed E-state index contributed by atoms with van der Waals surface area (Å²) in [6.45, 7) is 3.89. The van der Waals surface area contributed by atoms with E-state index in [-0.39, 0.29) is 34.1 Å². The number of benzene rings is 4. The predicted molar refractivity (Wildman–Crippen MR) is 195 cm³/mol. The molecule has 4 aromatic carbocycles. The number of aromatic nitrogens is 6. The number of nitrogens with zero attached hydrogens (tertiary/aromatic N) is 6. The molecule has 4 aromatic heterocycles. The number of para-hydroxylation sites is 4. The van der Waals surface area contributed by atoms with Crippen LogP contribution in [0.4, 0.5) is 0 Å². The molecular weight excluding hydrogens is 820 g/mol. The number of fused-ring (bicyclic) bond motifs is 6. The van der Waals surface area contributed by atoms with Gasteiger partial charge in [-0.05, 0) is 52.0 Å². The standard InChI is InChI=1S/2C16H11N3.4C2H4O2.2Cu/c2*1-3-7-14-12(5-1)13-6-2-4-8-15(13)19(14)16-11-17-9-10-18-16;4*1-2(3)4;;/h2*1-11H;4*1H3,(H,3,4);;/q;;;;;;2*+2/p-4. The summed E-state index contributed by atoms with van der Waals surface area (Å²) in [5.41, 5.74) is 4.63. The van der Waals surface area contributed by atoms with Gasteiger partial charge in [0.25, 0.3) is 0 Å². The molecule has 2 radical (unpaired) electrons. The van der Waals surface area contributed by atoms with E-state index >= 15 is 0 Å². The van der Waals surface area contributed by atoms with Crippen molar-refractivity contribution in [1.29, 1.82) is 0 Å². The number of carboxylic acids is 4. The molecule has 0 aliphatic carbocycles. The van der Waals surface area contributed by atoms with Crippen molar-refractivity contribution in [1.82, 2.24) is 29.1 Å². The van der Waals surface area contributed by atoms with E-state index in [0.29, 0.717) is 0 Å². The van der Waals surface area contributed by atoms with Crippen LogP contribution in [0.2, 0.25) is 0 Å². The minimum atomic E-state index is -1.08. The van der Waals surface area contributed by atoms with Crippen molar-refractivity contribution < 1.29 is 73.7 Å². The Bertz CT molecular complexity index is 2160. The second-order valence-corrected chi connectivity index (χ2v) is 10.8. The zero-order valence-electron chi connectivity index (χ0n) is 30.3. The molecule has 4 heterocycles. The molecule has 0 saturated carbocycles. The van der Waals surface area contributed by atoms with Crippen LogP contribution in [0.5, 0.6) is 0 Å². The molecular formula is C40H34Cu2N6O8. The SMILES string of the molecule is CC(=O)[O-].CC(=O)[O-].CC(=O)[O-].CC(=O)[O-].[Cu+2].[Cu+2].c1ccc2c(c1)c1ccccc1n2-c1cnccn1.c1ccc2c(c1)c1ccccc1n2-c1cnccn1. The number of carboxylic acid groups (broad SMARTS) is 4. The Balaban J connectivity index is 0.000000398. The van der Waals surface area contributed by atoms with Crippen molar-refractivity contribution in [3.05, 3.63) is 134 Å². The number of carbonyl (C=O) groups is 4. The van der Waals surface area contributed by atoms with Gasteiger partial charge >= 0.3 is 34.1 Å². The summed E-state index contributed by atoms with van der Waals surface area (Å²) in [4.78, 5) is 52.7. The molecule has 0 unspecified atom stereocenters. The van der Waals surface area contributed by atoms with Crippen LogP contribution in [-0.2, 0) is 53.3 Å². The molecule has 0 aliphatic heterocycles. The molecule has 0 N–H and O–H groups in total. The normalized spacial score (nSPS) is 9.36. The summed E-state index contributed by atoms with van der Waals surface area (Å²) in [6.07, 6.45) is 10.4. The zero-order chi connectivity index (χ0) is 39.6. The quantitative estimate of drug-likeness (QED) is 0.229. The topological polar surface area (TPSA) is 222 Å². The summed E-state index contributed by atoms with van der Waals surface area (Å²) in [5, 5.41) is 40.5. The Kier molecular flexibility index (Phi) is 20.4. The first-order valence-electron chi connectivity index (χ1n) is 16.0. The van der Waals surface area contributed by atoms with Crippen molar-refractivity contribution in [2.24, 2.45) is 0 Å². The summed E-state index contributed by atoms with van der Waals surface area (Å²) >= 11 is 0. The van der Waals surface area contributed by atoms with Gasteiger partial charge in [0.1, 0.15) is 0 Å². The third-order valence-electron chi connectivity index (χ3n) is 6.72. The van der Waals surface area contributed by atoms with E-state index in [1.807, 2.05) is 24.3 Å². The molecule has 0 amide bonds. The van der Waals surface area contributed by atoms with Gasteiger partial charge in [0.2, 0.25) is 0 Å². The van der Waals surface area contributed by atoms with Gasteiger partial charge in [-0.1, -0.05) is 72.8 Å². The Morgan fingerprint density at radius 1 is 0.411 bits per heavy atom. The Hall–Kier alpha value is -6.44. The number of hydrogen-bond donors (Lipinski definition) is 0. The first-order chi connectivity index (χ1) is 25.8. The molecule has 0 aliphatic rings. The third kappa shape index (κ3) is 14.1. The summed E-state index contributed by atoms with van der Waals surface area (Å²) in [7, 11) is 0. The summed E-state index contributed by atoms with van der Waals surface area (Å²) in [5.74, 6) is -2.64. The minimum Gasteiger partial charge on any atom is -0.550 e. The number of hydrogen-bond acceptors (Lipinski definition) is 12. The average molecular weight is 854 g/mol. The molecule has 0 fully saturated rings. The van der Waals surface area contributed by atoms with Crippen LogP contribution in [0.3, 0.4) is 0 Å². The maximum atomic E-state index is 8.89. The molecule has 0 atom stereocenters. The van der Waals surface area contributed by atoms with Crippen LogP contribution in [0.1, 0.15) is 27.7 Å². The fourth-order valence-electron chi connectivity index (χ4n) is 5.15. The van der Waals surface area contributed by atoms with Gasteiger partial charge in [-0.2, -0.15) is 0 Å². The molecule has 14 nitrogen and oxygen atoms in total. The van der Waals surface area contributed by atoms with Crippen molar-refractivity contribution in [2.45, 2.75) is 27.7 Å². The smallest absolute Gasteiger partial charge is 0.550 e. The molecule has 8 rings (SSSR count). The van der Waals surface area contributed by atoms with Crippen LogP contribution < -0.4 is 20.4 Å². The van der Waals surface area contributed by atoms with E-state index in [9.17, 15) is 0 Å². The van der Waals surface area contributed by atoms with Gasteiger partial charge in [-0.25, -0.2) is 9.97 Å². The molecule has 294 valence electrons. The zero-order valence-corrected chi connectivity index (χ0v) is 32.1. The maximum Gasteiger partial charge on any atom is 2.00 e. The fourth-order valence-corrected chi connectivity index (χ4v) is 5.15. The Morgan fingerprint density at radius 2 is 0.625 bits per heavy atom. The van der Waals surface area contributed by atoms with Crippen molar-refractivity contribution in [3.8, 4) is 11.6 Å². The van der Waals surface area contributed by atoms with Crippen LogP contribution in [0.25, 0.3) is 55.2 Å². The molecule has 56 heavy (non-hydrogen) atoms. The number of aliphatic carboxylic acids is 4. The van der Waals surface area contributed by atoms with Gasteiger partial charge in [0.15, 0.2) is 11.6 Å². The van der Waals surface area contributed by atoms with Gasteiger partial charge in [-0.3, -0.25) is 19.1 Å². The van der Waals surface area contributed by atoms with Gasteiger partial charge in [0.05, 0.1) is 34.5 Å². The fraction of sp³-hybridized carbons (Fsp3) is 0.100. The van der Waals surface area contributed by atoms with Crippen molar-refractivity contribution in [2.75, 3.05) is 0 Å². The van der Waals surface area contributed by atoms with Gasteiger partial charge in [-0.15, -0.1) is 0 Å². The van der Waals surface area contributed by atoms with Gasteiger partial charge in [0, 0.05) is 70.2 Å². The second-order valence-electron chi connectivity index (χ2n) is 10.8. The summed E-state index contributed by atoms with van der Waals surface area (Å²) < 4.78 is 4.30. The van der Waals surface area contributed by atoms with E-state index in [2.05, 4.69) is 102 Å². The number of rotatable bonds is 2. The van der Waals surface area contributed by atoms with E-state index in [4.69, 9.17) is 39.6 Å². The first-order valence-corrected chi connectivity index (χ1v) is 16.0. The molecule has 0 spiro atoms. The molecule has 16 heteroatoms. The summed E-state index contributed by atoms with van der Waals surface area (Å²) in [6, 6.07) is 33.5. The van der Waals surface area contributed by atoms with Crippen LogP contribution in [0.15, 0.2) is 134 Å². The van der Waals surface area contributed by atoms with Gasteiger partial charge < -0.3 is 39.6 Å². The van der Waals surface area contributed by atoms with Crippen molar-refractivity contribution >= 4 is 67.5 Å². The van der Waals surface area contributed by atoms with Crippen LogP contribution >= 0.6 is 0 Å². The first kappa shape index (κ1) is 47.6. The second kappa shape index (κ2) is 24.1. The molecule has 8 aromatic rings. The molecule has 0 saturated heterocycles. The van der Waals surface area contributed by atoms with E-state index < -0.39 is 23.9 Å². The monoisotopic (exact) mass is 852 g/mol. The number of carbonyl (C=O) groups excluding carboxylic acids is 4. The maximum absolute atomic E-state index is 8.89. The van der Waals surface area contributed by atoms with Crippen molar-refractivity contribution in [3.63, 3.8) is 0 Å². The van der Waals surface area contributed by atoms with E-state index in [0.717, 1.165) is 61.4 Å². The minimum absolute atomic E-state index is 0. The Morgan fingerprint density at radius 3 is 0.821 bits per heavy atom. The largest absolute Gasteiger partial charge is 2.00 e.